The van der Waals surface area contributed by atoms with E-state index in [4.69, 9.17) is 10.6 Å². The van der Waals surface area contributed by atoms with Gasteiger partial charge in [-0.25, -0.2) is 5.43 Å². The summed E-state index contributed by atoms with van der Waals surface area (Å²) in [6, 6.07) is 13.8. The molecule has 0 aliphatic carbocycles. The Morgan fingerprint density at radius 2 is 1.90 bits per heavy atom. The van der Waals surface area contributed by atoms with Gasteiger partial charge in [-0.05, 0) is 30.7 Å². The molecule has 0 amide bonds. The van der Waals surface area contributed by atoms with E-state index in [-0.39, 0.29) is 6.04 Å². The van der Waals surface area contributed by atoms with Crippen molar-refractivity contribution < 1.29 is 4.74 Å². The highest BCUT2D eigenvalue weighted by Gasteiger charge is 2.19. The monoisotopic (exact) mass is 398 g/mol. The van der Waals surface area contributed by atoms with Crippen LogP contribution in [0.25, 0.3) is 0 Å². The van der Waals surface area contributed by atoms with Crippen LogP contribution in [0.4, 0.5) is 0 Å². The number of nitrogens with one attached hydrogen (secondary N) is 1. The molecule has 0 heterocycles. The summed E-state index contributed by atoms with van der Waals surface area (Å²) in [4.78, 5) is 0. The highest BCUT2D eigenvalue weighted by Crippen LogP contribution is 2.34. The van der Waals surface area contributed by atoms with Gasteiger partial charge in [0.15, 0.2) is 0 Å². The van der Waals surface area contributed by atoms with E-state index < -0.39 is 0 Å². The first-order chi connectivity index (χ1) is 9.67. The van der Waals surface area contributed by atoms with E-state index in [1.54, 1.807) is 0 Å². The van der Waals surface area contributed by atoms with Gasteiger partial charge >= 0.3 is 0 Å². The van der Waals surface area contributed by atoms with Crippen molar-refractivity contribution in [1.82, 2.24) is 5.43 Å². The van der Waals surface area contributed by atoms with Crippen molar-refractivity contribution in [3.8, 4) is 5.75 Å². The minimum Gasteiger partial charge on any atom is -0.494 e. The molecule has 2 aromatic rings. The molecule has 20 heavy (non-hydrogen) atoms. The van der Waals surface area contributed by atoms with Crippen molar-refractivity contribution in [2.45, 2.75) is 13.0 Å². The molecular formula is C15H16Br2N2O. The molecule has 2 aromatic carbocycles. The Hall–Kier alpha value is -0.880. The van der Waals surface area contributed by atoms with Crippen molar-refractivity contribution in [2.75, 3.05) is 6.61 Å². The first-order valence-corrected chi connectivity index (χ1v) is 7.88. The van der Waals surface area contributed by atoms with Crippen LogP contribution in [0.1, 0.15) is 24.1 Å². The molecule has 5 heteroatoms. The number of rotatable bonds is 5. The Labute approximate surface area is 135 Å². The molecule has 3 N–H and O–H groups in total. The van der Waals surface area contributed by atoms with Crippen molar-refractivity contribution in [2.24, 2.45) is 5.84 Å². The molecule has 0 saturated heterocycles. The Morgan fingerprint density at radius 1 is 1.15 bits per heavy atom. The summed E-state index contributed by atoms with van der Waals surface area (Å²) in [5, 5.41) is 0. The molecule has 0 aliphatic heterocycles. The van der Waals surface area contributed by atoms with E-state index >= 15 is 0 Å². The molecule has 0 aliphatic rings. The maximum absolute atomic E-state index is 5.77. The second-order valence-corrected chi connectivity index (χ2v) is 6.01. The van der Waals surface area contributed by atoms with Gasteiger partial charge in [0.2, 0.25) is 0 Å². The molecule has 3 nitrogen and oxygen atoms in total. The first-order valence-electron chi connectivity index (χ1n) is 6.30. The van der Waals surface area contributed by atoms with Crippen LogP contribution < -0.4 is 16.0 Å². The lowest BCUT2D eigenvalue weighted by molar-refractivity contribution is 0.333. The van der Waals surface area contributed by atoms with E-state index in [1.165, 1.54) is 0 Å². The number of hydrazine groups is 1. The summed E-state index contributed by atoms with van der Waals surface area (Å²) >= 11 is 7.04. The van der Waals surface area contributed by atoms with E-state index in [0.717, 1.165) is 25.8 Å². The fourth-order valence-electron chi connectivity index (χ4n) is 2.09. The number of nitrogens with two attached hydrogens (primary N) is 1. The zero-order valence-electron chi connectivity index (χ0n) is 11.1. The third kappa shape index (κ3) is 3.41. The molecule has 0 radical (unpaired) electrons. The Kier molecular flexibility index (Phi) is 5.60. The first kappa shape index (κ1) is 15.5. The van der Waals surface area contributed by atoms with Crippen LogP contribution in [0.5, 0.6) is 5.75 Å². The van der Waals surface area contributed by atoms with Gasteiger partial charge in [0.25, 0.3) is 0 Å². The Morgan fingerprint density at radius 3 is 2.55 bits per heavy atom. The van der Waals surface area contributed by atoms with Crippen molar-refractivity contribution >= 4 is 31.9 Å². The smallest absolute Gasteiger partial charge is 0.124 e. The predicted octanol–water partition coefficient (Wildman–Crippen LogP) is 4.16. The molecule has 1 unspecified atom stereocenters. The van der Waals surface area contributed by atoms with Gasteiger partial charge < -0.3 is 4.74 Å². The van der Waals surface area contributed by atoms with Crippen LogP contribution in [0.3, 0.4) is 0 Å². The van der Waals surface area contributed by atoms with Crippen LogP contribution in [-0.2, 0) is 0 Å². The minimum atomic E-state index is -0.139. The third-order valence-electron chi connectivity index (χ3n) is 2.97. The van der Waals surface area contributed by atoms with Gasteiger partial charge in [-0.15, -0.1) is 0 Å². The van der Waals surface area contributed by atoms with Gasteiger partial charge in [-0.3, -0.25) is 5.84 Å². The maximum Gasteiger partial charge on any atom is 0.124 e. The number of halogens is 2. The summed E-state index contributed by atoms with van der Waals surface area (Å²) in [5.41, 5.74) is 4.94. The lowest BCUT2D eigenvalue weighted by Crippen LogP contribution is -2.29. The zero-order chi connectivity index (χ0) is 14.5. The zero-order valence-corrected chi connectivity index (χ0v) is 14.2. The molecule has 2 rings (SSSR count). The second kappa shape index (κ2) is 7.22. The van der Waals surface area contributed by atoms with E-state index in [0.29, 0.717) is 6.61 Å². The van der Waals surface area contributed by atoms with Crippen LogP contribution in [0.2, 0.25) is 0 Å². The Bertz CT molecular complexity index is 590. The summed E-state index contributed by atoms with van der Waals surface area (Å²) < 4.78 is 7.69. The van der Waals surface area contributed by atoms with Crippen molar-refractivity contribution in [3.63, 3.8) is 0 Å². The lowest BCUT2D eigenvalue weighted by Gasteiger charge is -2.21. The van der Waals surface area contributed by atoms with Gasteiger partial charge in [0, 0.05) is 14.5 Å². The highest BCUT2D eigenvalue weighted by molar-refractivity contribution is 9.11. The third-order valence-corrected chi connectivity index (χ3v) is 4.15. The quantitative estimate of drug-likeness (QED) is 0.586. The molecule has 106 valence electrons. The second-order valence-electron chi connectivity index (χ2n) is 4.24. The highest BCUT2D eigenvalue weighted by atomic mass is 79.9. The van der Waals surface area contributed by atoms with Gasteiger partial charge in [-0.1, -0.05) is 56.1 Å². The average Bonchev–Trinajstić information content (AvgIpc) is 2.44. The molecule has 0 bridgehead atoms. The van der Waals surface area contributed by atoms with E-state index in [9.17, 15) is 0 Å². The summed E-state index contributed by atoms with van der Waals surface area (Å²) in [6.07, 6.45) is 0. The molecule has 0 saturated carbocycles. The fourth-order valence-corrected chi connectivity index (χ4v) is 3.36. The van der Waals surface area contributed by atoms with Crippen molar-refractivity contribution in [1.29, 1.82) is 0 Å². The maximum atomic E-state index is 5.77. The Balaban J connectivity index is 2.47. The largest absolute Gasteiger partial charge is 0.494 e. The van der Waals surface area contributed by atoms with E-state index in [2.05, 4.69) is 37.3 Å². The average molecular weight is 400 g/mol. The summed E-state index contributed by atoms with van der Waals surface area (Å²) in [7, 11) is 0. The number of hydrogen-bond donors (Lipinski definition) is 2. The van der Waals surface area contributed by atoms with Crippen molar-refractivity contribution in [3.05, 3.63) is 62.5 Å². The van der Waals surface area contributed by atoms with E-state index in [1.807, 2.05) is 49.4 Å². The van der Waals surface area contributed by atoms with Crippen LogP contribution in [-0.4, -0.2) is 6.61 Å². The molecule has 1 atom stereocenters. The summed E-state index contributed by atoms with van der Waals surface area (Å²) in [6.45, 7) is 2.59. The standard InChI is InChI=1S/C15H16Br2N2O/c1-2-20-14-6-4-3-5-12(14)15(19-18)11-8-7-10(16)9-13(11)17/h3-9,15,19H,2,18H2,1H3. The lowest BCUT2D eigenvalue weighted by atomic mass is 9.98. The summed E-state index contributed by atoms with van der Waals surface area (Å²) in [5.74, 6) is 6.61. The van der Waals surface area contributed by atoms with Crippen LogP contribution >= 0.6 is 31.9 Å². The molecule has 0 spiro atoms. The predicted molar refractivity (Wildman–Crippen MR) is 88.6 cm³/mol. The molecule has 0 aromatic heterocycles. The normalized spacial score (nSPS) is 12.2. The van der Waals surface area contributed by atoms with Gasteiger partial charge in [-0.2, -0.15) is 0 Å². The number of benzene rings is 2. The van der Waals surface area contributed by atoms with Crippen LogP contribution in [0, 0.1) is 0 Å². The van der Waals surface area contributed by atoms with Gasteiger partial charge in [0.05, 0.1) is 12.6 Å². The molecular weight excluding hydrogens is 384 g/mol. The SMILES string of the molecule is CCOc1ccccc1C(NN)c1ccc(Br)cc1Br. The number of ether oxygens (including phenoxy) is 1. The van der Waals surface area contributed by atoms with Crippen LogP contribution in [0.15, 0.2) is 51.4 Å². The minimum absolute atomic E-state index is 0.139. The fraction of sp³-hybridized carbons (Fsp3) is 0.200. The number of hydrogen-bond acceptors (Lipinski definition) is 3. The number of para-hydroxylation sites is 1. The molecule has 0 fully saturated rings. The van der Waals surface area contributed by atoms with Gasteiger partial charge in [0.1, 0.15) is 5.75 Å². The topological polar surface area (TPSA) is 47.3 Å².